The number of sulfonamides is 1. The van der Waals surface area contributed by atoms with E-state index >= 15 is 0 Å². The highest BCUT2D eigenvalue weighted by Gasteiger charge is 2.32. The minimum Gasteiger partial charge on any atom is -0.478 e. The Hall–Kier alpha value is -3.92. The molecule has 0 saturated heterocycles. The van der Waals surface area contributed by atoms with Gasteiger partial charge in [0.15, 0.2) is 0 Å². The summed E-state index contributed by atoms with van der Waals surface area (Å²) in [6.45, 7) is 3.30. The number of hydrogen-bond acceptors (Lipinski definition) is 7. The number of carboxylic acids is 1. The van der Waals surface area contributed by atoms with Gasteiger partial charge in [0.25, 0.3) is 10.0 Å². The zero-order valence-corrected chi connectivity index (χ0v) is 17.3. The van der Waals surface area contributed by atoms with Gasteiger partial charge in [-0.05, 0) is 31.0 Å². The van der Waals surface area contributed by atoms with Gasteiger partial charge in [0.05, 0.1) is 23.0 Å². The summed E-state index contributed by atoms with van der Waals surface area (Å²) in [7, 11) is -4.45. The minimum absolute atomic E-state index is 0.00321. The molecule has 4 rings (SSSR count). The van der Waals surface area contributed by atoms with Crippen molar-refractivity contribution in [2.24, 2.45) is 0 Å². The molecule has 0 atom stereocenters. The summed E-state index contributed by atoms with van der Waals surface area (Å²) in [5.74, 6) is -1.55. The normalized spacial score (nSPS) is 11.4. The van der Waals surface area contributed by atoms with Crippen LogP contribution in [0.1, 0.15) is 21.6 Å². The number of benzene rings is 2. The molecule has 0 spiro atoms. The molecular formula is C21H17N3O6S. The van der Waals surface area contributed by atoms with E-state index in [1.165, 1.54) is 24.6 Å². The highest BCUT2D eigenvalue weighted by atomic mass is 32.2. The molecule has 0 radical (unpaired) electrons. The maximum absolute atomic E-state index is 13.5. The van der Waals surface area contributed by atoms with Gasteiger partial charge in [0, 0.05) is 5.56 Å². The monoisotopic (exact) mass is 439 g/mol. The van der Waals surface area contributed by atoms with Crippen molar-refractivity contribution in [1.82, 2.24) is 10.1 Å². The van der Waals surface area contributed by atoms with E-state index in [-0.39, 0.29) is 22.9 Å². The Morgan fingerprint density at radius 3 is 2.35 bits per heavy atom. The Morgan fingerprint density at radius 2 is 1.77 bits per heavy atom. The second kappa shape index (κ2) is 7.73. The van der Waals surface area contributed by atoms with Crippen molar-refractivity contribution >= 4 is 21.9 Å². The third-order valence-electron chi connectivity index (χ3n) is 4.77. The predicted octanol–water partition coefficient (Wildman–Crippen LogP) is 4.11. The highest BCUT2D eigenvalue weighted by Crippen LogP contribution is 2.37. The first kappa shape index (κ1) is 20.4. The molecule has 2 heterocycles. The fraction of sp³-hybridized carbons (Fsp3) is 0.0952. The summed E-state index contributed by atoms with van der Waals surface area (Å²) >= 11 is 0. The Bertz CT molecular complexity index is 1360. The largest absolute Gasteiger partial charge is 0.478 e. The van der Waals surface area contributed by atoms with Crippen molar-refractivity contribution in [3.05, 3.63) is 71.7 Å². The molecule has 0 aliphatic carbocycles. The van der Waals surface area contributed by atoms with E-state index in [1.54, 1.807) is 44.2 Å². The Balaban J connectivity index is 2.02. The summed E-state index contributed by atoms with van der Waals surface area (Å²) in [4.78, 5) is 15.8. The number of carbonyl (C=O) groups is 1. The number of oxazole rings is 1. The van der Waals surface area contributed by atoms with Gasteiger partial charge < -0.3 is 14.0 Å². The summed E-state index contributed by atoms with van der Waals surface area (Å²) in [5.41, 5.74) is 1.35. The Labute approximate surface area is 177 Å². The van der Waals surface area contributed by atoms with Gasteiger partial charge in [-0.15, -0.1) is 0 Å². The number of aromatic carboxylic acids is 1. The third-order valence-corrected chi connectivity index (χ3v) is 6.19. The fourth-order valence-electron chi connectivity index (χ4n) is 3.14. The first-order chi connectivity index (χ1) is 14.8. The molecule has 2 aromatic heterocycles. The minimum atomic E-state index is -4.45. The van der Waals surface area contributed by atoms with E-state index in [0.717, 1.165) is 0 Å². The number of nitrogens with zero attached hydrogens (tertiary/aromatic N) is 2. The van der Waals surface area contributed by atoms with Crippen LogP contribution in [0.4, 0.5) is 5.88 Å². The van der Waals surface area contributed by atoms with Crippen molar-refractivity contribution in [1.29, 1.82) is 0 Å². The molecule has 158 valence electrons. The first-order valence-corrected chi connectivity index (χ1v) is 10.6. The maximum atomic E-state index is 13.5. The number of hydrogen-bond donors (Lipinski definition) is 2. The molecule has 2 aromatic carbocycles. The van der Waals surface area contributed by atoms with Crippen LogP contribution in [0.3, 0.4) is 0 Å². The van der Waals surface area contributed by atoms with Crippen LogP contribution in [-0.4, -0.2) is 29.6 Å². The summed E-state index contributed by atoms with van der Waals surface area (Å²) in [6, 6.07) is 11.6. The van der Waals surface area contributed by atoms with Crippen molar-refractivity contribution in [3.8, 4) is 22.6 Å². The van der Waals surface area contributed by atoms with Gasteiger partial charge in [-0.3, -0.25) is 0 Å². The van der Waals surface area contributed by atoms with Crippen molar-refractivity contribution < 1.29 is 27.3 Å². The number of aryl methyl sites for hydroxylation is 1. The molecule has 0 saturated carbocycles. The molecule has 0 aliphatic rings. The molecule has 10 heteroatoms. The van der Waals surface area contributed by atoms with Crippen LogP contribution < -0.4 is 4.72 Å². The van der Waals surface area contributed by atoms with Crippen molar-refractivity contribution in [2.75, 3.05) is 4.72 Å². The molecular weight excluding hydrogens is 422 g/mol. The highest BCUT2D eigenvalue weighted by molar-refractivity contribution is 7.93. The summed E-state index contributed by atoms with van der Waals surface area (Å²) < 4.78 is 39.6. The van der Waals surface area contributed by atoms with E-state index in [2.05, 4.69) is 14.9 Å². The van der Waals surface area contributed by atoms with Crippen LogP contribution in [0.2, 0.25) is 0 Å². The van der Waals surface area contributed by atoms with Gasteiger partial charge in [-0.2, -0.15) is 0 Å². The maximum Gasteiger partial charge on any atom is 0.337 e. The second-order valence-corrected chi connectivity index (χ2v) is 8.32. The molecule has 0 aliphatic heterocycles. The lowest BCUT2D eigenvalue weighted by atomic mass is 9.97. The standard InChI is InChI=1S/C21H17N3O6S/c1-12-13(2)23-30-19(12)24-31(27,28)18-16(20-22-10-11-29-20)9-8-15(17(18)21(25)26)14-6-4-3-5-7-14/h3-11,24H,1-2H3,(H,25,26). The molecule has 0 unspecified atom stereocenters. The van der Waals surface area contributed by atoms with Gasteiger partial charge in [-0.25, -0.2) is 22.9 Å². The number of nitrogens with one attached hydrogen (secondary N) is 1. The summed E-state index contributed by atoms with van der Waals surface area (Å²) in [6.07, 6.45) is 2.61. The fourth-order valence-corrected chi connectivity index (χ4v) is 4.59. The van der Waals surface area contributed by atoms with Crippen LogP contribution in [0.5, 0.6) is 0 Å². The molecule has 9 nitrogen and oxygen atoms in total. The lowest BCUT2D eigenvalue weighted by Gasteiger charge is -2.16. The average Bonchev–Trinajstić information content (AvgIpc) is 3.39. The number of aromatic nitrogens is 2. The van der Waals surface area contributed by atoms with Gasteiger partial charge in [0.2, 0.25) is 11.8 Å². The Kier molecular flexibility index (Phi) is 5.07. The molecule has 0 amide bonds. The quantitative estimate of drug-likeness (QED) is 0.458. The average molecular weight is 439 g/mol. The van der Waals surface area contributed by atoms with Crippen LogP contribution in [0, 0.1) is 13.8 Å². The SMILES string of the molecule is Cc1noc(NS(=O)(=O)c2c(-c3ncco3)ccc(-c3ccccc3)c2C(=O)O)c1C. The lowest BCUT2D eigenvalue weighted by Crippen LogP contribution is -2.19. The lowest BCUT2D eigenvalue weighted by molar-refractivity contribution is 0.0693. The topological polar surface area (TPSA) is 136 Å². The third kappa shape index (κ3) is 3.68. The van der Waals surface area contributed by atoms with Gasteiger partial charge in [-0.1, -0.05) is 41.6 Å². The van der Waals surface area contributed by atoms with Crippen LogP contribution in [0.25, 0.3) is 22.6 Å². The van der Waals surface area contributed by atoms with E-state index in [4.69, 9.17) is 8.94 Å². The zero-order chi connectivity index (χ0) is 22.2. The van der Waals surface area contributed by atoms with E-state index in [9.17, 15) is 18.3 Å². The second-order valence-electron chi connectivity index (χ2n) is 6.70. The van der Waals surface area contributed by atoms with E-state index in [0.29, 0.717) is 16.8 Å². The van der Waals surface area contributed by atoms with Gasteiger partial charge in [0.1, 0.15) is 11.2 Å². The molecule has 2 N–H and O–H groups in total. The molecule has 31 heavy (non-hydrogen) atoms. The smallest absolute Gasteiger partial charge is 0.337 e. The van der Waals surface area contributed by atoms with Crippen LogP contribution >= 0.6 is 0 Å². The predicted molar refractivity (Wildman–Crippen MR) is 111 cm³/mol. The molecule has 0 fully saturated rings. The van der Waals surface area contributed by atoms with E-state index in [1.807, 2.05) is 0 Å². The van der Waals surface area contributed by atoms with Crippen LogP contribution in [-0.2, 0) is 10.0 Å². The van der Waals surface area contributed by atoms with Crippen molar-refractivity contribution in [3.63, 3.8) is 0 Å². The first-order valence-electron chi connectivity index (χ1n) is 9.11. The van der Waals surface area contributed by atoms with Crippen LogP contribution in [0.15, 0.2) is 68.8 Å². The zero-order valence-electron chi connectivity index (χ0n) is 16.5. The Morgan fingerprint density at radius 1 is 1.06 bits per heavy atom. The van der Waals surface area contributed by atoms with Gasteiger partial charge >= 0.3 is 5.97 Å². The van der Waals surface area contributed by atoms with E-state index < -0.39 is 26.5 Å². The number of rotatable bonds is 6. The molecule has 0 bridgehead atoms. The number of carboxylic acid groups (broad SMARTS) is 1. The molecule has 4 aromatic rings. The summed E-state index contributed by atoms with van der Waals surface area (Å²) in [5, 5.41) is 13.8. The number of anilines is 1. The van der Waals surface area contributed by atoms with Crippen molar-refractivity contribution in [2.45, 2.75) is 18.7 Å².